The molecule has 2 aromatic carbocycles. The zero-order valence-electron chi connectivity index (χ0n) is 18.2. The lowest BCUT2D eigenvalue weighted by atomic mass is 10.1. The fourth-order valence-corrected chi connectivity index (χ4v) is 4.42. The SMILES string of the molecule is CS(=O)(=O)NCc1cccc2c1cnn2-c1nc2c(c(NCc3ccccc3)n1)CCNC2. The molecule has 0 spiro atoms. The second-order valence-corrected chi connectivity index (χ2v) is 9.90. The second kappa shape index (κ2) is 8.89. The summed E-state index contributed by atoms with van der Waals surface area (Å²) in [6.45, 7) is 2.42. The van der Waals surface area contributed by atoms with Gasteiger partial charge in [0.05, 0.1) is 23.7 Å². The molecule has 1 aliphatic rings. The normalized spacial score (nSPS) is 13.7. The largest absolute Gasteiger partial charge is 0.366 e. The van der Waals surface area contributed by atoms with E-state index in [1.54, 1.807) is 10.9 Å². The zero-order chi connectivity index (χ0) is 22.8. The van der Waals surface area contributed by atoms with Crippen molar-refractivity contribution >= 4 is 26.7 Å². The summed E-state index contributed by atoms with van der Waals surface area (Å²) in [4.78, 5) is 9.66. The summed E-state index contributed by atoms with van der Waals surface area (Å²) in [6.07, 6.45) is 3.73. The number of rotatable bonds is 7. The van der Waals surface area contributed by atoms with Crippen LogP contribution in [0.3, 0.4) is 0 Å². The minimum absolute atomic E-state index is 0.195. The van der Waals surface area contributed by atoms with Crippen LogP contribution in [0.5, 0.6) is 0 Å². The fourth-order valence-electron chi connectivity index (χ4n) is 4.00. The van der Waals surface area contributed by atoms with E-state index < -0.39 is 10.0 Å². The first-order valence-corrected chi connectivity index (χ1v) is 12.7. The predicted octanol–water partition coefficient (Wildman–Crippen LogP) is 2.12. The van der Waals surface area contributed by atoms with Gasteiger partial charge < -0.3 is 10.6 Å². The van der Waals surface area contributed by atoms with E-state index in [1.807, 2.05) is 36.4 Å². The Balaban J connectivity index is 1.52. The summed E-state index contributed by atoms with van der Waals surface area (Å²) >= 11 is 0. The van der Waals surface area contributed by atoms with Crippen molar-refractivity contribution < 1.29 is 8.42 Å². The number of benzene rings is 2. The smallest absolute Gasteiger partial charge is 0.253 e. The summed E-state index contributed by atoms with van der Waals surface area (Å²) in [5.41, 5.74) is 4.92. The predicted molar refractivity (Wildman–Crippen MR) is 128 cm³/mol. The number of nitrogens with one attached hydrogen (secondary N) is 3. The molecule has 33 heavy (non-hydrogen) atoms. The standard InChI is InChI=1S/C23H25N7O2S/c1-33(31,32)27-13-17-8-5-9-21-19(17)14-26-30(21)23-28-20-15-24-11-10-18(20)22(29-23)25-12-16-6-3-2-4-7-16/h2-9,14,24,27H,10-13,15H2,1H3,(H,25,28,29). The van der Waals surface area contributed by atoms with E-state index in [2.05, 4.69) is 32.6 Å². The van der Waals surface area contributed by atoms with Gasteiger partial charge in [-0.1, -0.05) is 42.5 Å². The maximum atomic E-state index is 11.5. The lowest BCUT2D eigenvalue weighted by molar-refractivity contribution is 0.588. The first-order chi connectivity index (χ1) is 16.0. The number of hydrogen-bond donors (Lipinski definition) is 3. The Morgan fingerprint density at radius 2 is 1.91 bits per heavy atom. The van der Waals surface area contributed by atoms with Crippen LogP contribution in [0.4, 0.5) is 5.82 Å². The number of fused-ring (bicyclic) bond motifs is 2. The highest BCUT2D eigenvalue weighted by molar-refractivity contribution is 7.88. The molecule has 10 heteroatoms. The average Bonchev–Trinajstić information content (AvgIpc) is 3.26. The van der Waals surface area contributed by atoms with Gasteiger partial charge in [0.1, 0.15) is 5.82 Å². The first kappa shape index (κ1) is 21.5. The Kier molecular flexibility index (Phi) is 5.79. The van der Waals surface area contributed by atoms with Crippen LogP contribution in [0, 0.1) is 0 Å². The molecule has 0 saturated carbocycles. The van der Waals surface area contributed by atoms with Crippen molar-refractivity contribution in [1.29, 1.82) is 0 Å². The molecule has 170 valence electrons. The van der Waals surface area contributed by atoms with Gasteiger partial charge in [0.15, 0.2) is 0 Å². The molecule has 4 aromatic rings. The van der Waals surface area contributed by atoms with E-state index in [-0.39, 0.29) is 6.54 Å². The Morgan fingerprint density at radius 3 is 2.73 bits per heavy atom. The molecule has 0 amide bonds. The van der Waals surface area contributed by atoms with Gasteiger partial charge in [0, 0.05) is 30.6 Å². The van der Waals surface area contributed by atoms with Crippen molar-refractivity contribution in [3.8, 4) is 5.95 Å². The molecule has 3 N–H and O–H groups in total. The van der Waals surface area contributed by atoms with Gasteiger partial charge in [0.25, 0.3) is 5.95 Å². The number of nitrogens with zero attached hydrogens (tertiary/aromatic N) is 4. The number of anilines is 1. The van der Waals surface area contributed by atoms with Gasteiger partial charge in [-0.2, -0.15) is 14.8 Å². The van der Waals surface area contributed by atoms with Crippen LogP contribution in [0.25, 0.3) is 16.9 Å². The lowest BCUT2D eigenvalue weighted by Gasteiger charge is -2.21. The maximum absolute atomic E-state index is 11.5. The molecule has 0 unspecified atom stereocenters. The highest BCUT2D eigenvalue weighted by atomic mass is 32.2. The summed E-state index contributed by atoms with van der Waals surface area (Å²) < 4.78 is 27.3. The fraction of sp³-hybridized carbons (Fsp3) is 0.261. The number of aromatic nitrogens is 4. The Morgan fingerprint density at radius 1 is 1.06 bits per heavy atom. The van der Waals surface area contributed by atoms with Crippen molar-refractivity contribution in [1.82, 2.24) is 29.8 Å². The van der Waals surface area contributed by atoms with Gasteiger partial charge >= 0.3 is 0 Å². The van der Waals surface area contributed by atoms with Gasteiger partial charge in [-0.3, -0.25) is 0 Å². The summed E-state index contributed by atoms with van der Waals surface area (Å²) in [5.74, 6) is 1.30. The van der Waals surface area contributed by atoms with Crippen LogP contribution in [-0.4, -0.2) is 41.0 Å². The highest BCUT2D eigenvalue weighted by Crippen LogP contribution is 2.25. The van der Waals surface area contributed by atoms with Crippen molar-refractivity contribution in [3.05, 3.63) is 77.1 Å². The topological polar surface area (TPSA) is 114 Å². The van der Waals surface area contributed by atoms with Crippen LogP contribution in [0.2, 0.25) is 0 Å². The van der Waals surface area contributed by atoms with Crippen molar-refractivity contribution in [3.63, 3.8) is 0 Å². The molecule has 2 aromatic heterocycles. The van der Waals surface area contributed by atoms with Crippen LogP contribution in [0.15, 0.2) is 54.7 Å². The molecular weight excluding hydrogens is 438 g/mol. The molecule has 1 aliphatic heterocycles. The highest BCUT2D eigenvalue weighted by Gasteiger charge is 2.20. The van der Waals surface area contributed by atoms with Crippen molar-refractivity contribution in [2.45, 2.75) is 26.1 Å². The molecule has 0 radical (unpaired) electrons. The minimum atomic E-state index is -3.30. The third-order valence-electron chi connectivity index (χ3n) is 5.65. The third-order valence-corrected chi connectivity index (χ3v) is 6.31. The summed E-state index contributed by atoms with van der Waals surface area (Å²) in [6, 6.07) is 15.9. The molecule has 0 saturated heterocycles. The molecular formula is C23H25N7O2S. The van der Waals surface area contributed by atoms with E-state index in [9.17, 15) is 8.42 Å². The minimum Gasteiger partial charge on any atom is -0.366 e. The van der Waals surface area contributed by atoms with Crippen molar-refractivity contribution in [2.75, 3.05) is 18.1 Å². The first-order valence-electron chi connectivity index (χ1n) is 10.8. The van der Waals surface area contributed by atoms with Gasteiger partial charge in [-0.05, 0) is 30.2 Å². The van der Waals surface area contributed by atoms with Crippen LogP contribution in [-0.2, 0) is 36.1 Å². The number of hydrogen-bond acceptors (Lipinski definition) is 7. The van der Waals surface area contributed by atoms with Gasteiger partial charge in [-0.15, -0.1) is 0 Å². The van der Waals surface area contributed by atoms with E-state index in [1.165, 1.54) is 5.56 Å². The summed E-state index contributed by atoms with van der Waals surface area (Å²) in [7, 11) is -3.30. The van der Waals surface area contributed by atoms with E-state index >= 15 is 0 Å². The molecule has 9 nitrogen and oxygen atoms in total. The van der Waals surface area contributed by atoms with Crippen molar-refractivity contribution in [2.24, 2.45) is 0 Å². The average molecular weight is 464 g/mol. The monoisotopic (exact) mass is 463 g/mol. The molecule has 3 heterocycles. The maximum Gasteiger partial charge on any atom is 0.253 e. The van der Waals surface area contributed by atoms with E-state index in [0.29, 0.717) is 19.0 Å². The zero-order valence-corrected chi connectivity index (χ0v) is 19.1. The van der Waals surface area contributed by atoms with E-state index in [0.717, 1.165) is 52.8 Å². The Labute approximate surface area is 192 Å². The molecule has 0 fully saturated rings. The second-order valence-electron chi connectivity index (χ2n) is 8.06. The quantitative estimate of drug-likeness (QED) is 0.385. The Hall–Kier alpha value is -3.34. The number of sulfonamides is 1. The van der Waals surface area contributed by atoms with Crippen LogP contribution >= 0.6 is 0 Å². The van der Waals surface area contributed by atoms with Gasteiger partial charge in [0.2, 0.25) is 10.0 Å². The lowest BCUT2D eigenvalue weighted by Crippen LogP contribution is -2.27. The Bertz CT molecular complexity index is 1400. The summed E-state index contributed by atoms with van der Waals surface area (Å²) in [5, 5.41) is 12.3. The van der Waals surface area contributed by atoms with Gasteiger partial charge in [-0.25, -0.2) is 18.1 Å². The molecule has 0 atom stereocenters. The molecule has 0 aliphatic carbocycles. The van der Waals surface area contributed by atoms with E-state index in [4.69, 9.17) is 9.97 Å². The van der Waals surface area contributed by atoms with Crippen LogP contribution in [0.1, 0.15) is 22.4 Å². The third kappa shape index (κ3) is 4.72. The molecule has 0 bridgehead atoms. The van der Waals surface area contributed by atoms with Crippen LogP contribution < -0.4 is 15.4 Å². The molecule has 5 rings (SSSR count).